The maximum atomic E-state index is 11.0. The predicted octanol–water partition coefficient (Wildman–Crippen LogP) is 0.0900. The Bertz CT molecular complexity index is 237. The van der Waals surface area contributed by atoms with Gasteiger partial charge in [-0.15, -0.1) is 0 Å². The lowest BCUT2D eigenvalue weighted by atomic mass is 10.0. The molecule has 5 heteroatoms. The van der Waals surface area contributed by atoms with Crippen LogP contribution >= 0.6 is 0 Å². The molecule has 1 fully saturated rings. The molecule has 0 spiro atoms. The molecule has 0 aliphatic carbocycles. The Kier molecular flexibility index (Phi) is 3.09. The zero-order chi connectivity index (χ0) is 9.19. The first-order chi connectivity index (χ1) is 5.55. The smallest absolute Gasteiger partial charge is 0.214 e. The Balaban J connectivity index is 2.64. The molecular formula is C7H15NO3S. The number of ether oxygens (including phenoxy) is 1. The lowest BCUT2D eigenvalue weighted by Gasteiger charge is -2.13. The fourth-order valence-electron chi connectivity index (χ4n) is 1.58. The van der Waals surface area contributed by atoms with Crippen LogP contribution in [0, 0.1) is 5.92 Å². The van der Waals surface area contributed by atoms with E-state index in [0.29, 0.717) is 6.61 Å². The van der Waals surface area contributed by atoms with Crippen molar-refractivity contribution >= 4 is 10.0 Å². The van der Waals surface area contributed by atoms with Crippen molar-refractivity contribution in [3.8, 4) is 0 Å². The molecular weight excluding hydrogens is 178 g/mol. The van der Waals surface area contributed by atoms with Gasteiger partial charge in [-0.25, -0.2) is 13.6 Å². The molecule has 0 bridgehead atoms. The summed E-state index contributed by atoms with van der Waals surface area (Å²) < 4.78 is 27.1. The van der Waals surface area contributed by atoms with Crippen LogP contribution in [0.4, 0.5) is 0 Å². The van der Waals surface area contributed by atoms with E-state index in [1.807, 2.05) is 6.92 Å². The van der Waals surface area contributed by atoms with E-state index in [1.165, 1.54) is 0 Å². The van der Waals surface area contributed by atoms with Gasteiger partial charge in [0.25, 0.3) is 0 Å². The van der Waals surface area contributed by atoms with Crippen LogP contribution < -0.4 is 5.14 Å². The van der Waals surface area contributed by atoms with E-state index in [0.717, 1.165) is 12.8 Å². The molecule has 1 saturated heterocycles. The number of rotatable bonds is 3. The van der Waals surface area contributed by atoms with Crippen molar-refractivity contribution in [2.45, 2.75) is 25.0 Å². The monoisotopic (exact) mass is 193 g/mol. The summed E-state index contributed by atoms with van der Waals surface area (Å²) in [6, 6.07) is 0. The van der Waals surface area contributed by atoms with E-state index in [2.05, 4.69) is 0 Å². The lowest BCUT2D eigenvalue weighted by Crippen LogP contribution is -2.34. The van der Waals surface area contributed by atoms with E-state index in [1.54, 1.807) is 0 Å². The van der Waals surface area contributed by atoms with Crippen molar-refractivity contribution in [1.82, 2.24) is 0 Å². The van der Waals surface area contributed by atoms with Crippen LogP contribution in [0.3, 0.4) is 0 Å². The van der Waals surface area contributed by atoms with Crippen LogP contribution in [0.15, 0.2) is 0 Å². The number of hydrogen-bond donors (Lipinski definition) is 1. The molecule has 0 aromatic heterocycles. The van der Waals surface area contributed by atoms with Crippen molar-refractivity contribution in [1.29, 1.82) is 0 Å². The summed E-state index contributed by atoms with van der Waals surface area (Å²) in [7, 11) is -3.40. The third-order valence-electron chi connectivity index (χ3n) is 2.22. The zero-order valence-corrected chi connectivity index (χ0v) is 8.01. The molecule has 0 radical (unpaired) electrons. The second-order valence-corrected chi connectivity index (χ2v) is 5.00. The fraction of sp³-hybridized carbons (Fsp3) is 1.00. The Morgan fingerprint density at radius 2 is 2.17 bits per heavy atom. The van der Waals surface area contributed by atoms with E-state index < -0.39 is 15.3 Å². The highest BCUT2D eigenvalue weighted by Gasteiger charge is 2.35. The van der Waals surface area contributed by atoms with E-state index >= 15 is 0 Å². The quantitative estimate of drug-likeness (QED) is 0.690. The maximum Gasteiger partial charge on any atom is 0.214 e. The van der Waals surface area contributed by atoms with Gasteiger partial charge in [-0.2, -0.15) is 0 Å². The molecule has 0 aromatic rings. The first kappa shape index (κ1) is 9.95. The number of primary sulfonamides is 1. The molecule has 2 N–H and O–H groups in total. The predicted molar refractivity (Wildman–Crippen MR) is 46.1 cm³/mol. The highest BCUT2D eigenvalue weighted by Crippen LogP contribution is 2.23. The largest absolute Gasteiger partial charge is 0.380 e. The van der Waals surface area contributed by atoms with Crippen molar-refractivity contribution in [2.24, 2.45) is 11.1 Å². The van der Waals surface area contributed by atoms with Gasteiger partial charge in [0.05, 0.1) is 13.2 Å². The molecule has 0 saturated carbocycles. The third kappa shape index (κ3) is 2.18. The molecule has 1 aliphatic rings. The minimum absolute atomic E-state index is 0.102. The maximum absolute atomic E-state index is 11.0. The van der Waals surface area contributed by atoms with Crippen LogP contribution in [-0.2, 0) is 14.8 Å². The molecule has 0 amide bonds. The topological polar surface area (TPSA) is 69.4 Å². The van der Waals surface area contributed by atoms with Gasteiger partial charge in [0.15, 0.2) is 0 Å². The molecule has 0 aromatic carbocycles. The molecule has 72 valence electrons. The molecule has 1 heterocycles. The van der Waals surface area contributed by atoms with Crippen LogP contribution in [0.2, 0.25) is 0 Å². The average Bonchev–Trinajstić information content (AvgIpc) is 2.34. The summed E-state index contributed by atoms with van der Waals surface area (Å²) in [5.74, 6) is 0.102. The van der Waals surface area contributed by atoms with Gasteiger partial charge < -0.3 is 4.74 Å². The van der Waals surface area contributed by atoms with Crippen molar-refractivity contribution in [3.63, 3.8) is 0 Å². The van der Waals surface area contributed by atoms with Gasteiger partial charge >= 0.3 is 0 Å². The Hall–Kier alpha value is -0.130. The van der Waals surface area contributed by atoms with Crippen LogP contribution in [0.25, 0.3) is 0 Å². The zero-order valence-electron chi connectivity index (χ0n) is 7.19. The highest BCUT2D eigenvalue weighted by molar-refractivity contribution is 7.89. The molecule has 1 rings (SSSR count). The van der Waals surface area contributed by atoms with Gasteiger partial charge in [-0.3, -0.25) is 0 Å². The van der Waals surface area contributed by atoms with E-state index in [9.17, 15) is 8.42 Å². The minimum Gasteiger partial charge on any atom is -0.380 e. The van der Waals surface area contributed by atoms with Crippen molar-refractivity contribution in [2.75, 3.05) is 13.2 Å². The second kappa shape index (κ2) is 3.72. The summed E-state index contributed by atoms with van der Waals surface area (Å²) in [6.07, 6.45) is 1.85. The molecule has 2 atom stereocenters. The summed E-state index contributed by atoms with van der Waals surface area (Å²) in [5.41, 5.74) is 0. The molecule has 12 heavy (non-hydrogen) atoms. The Morgan fingerprint density at radius 3 is 2.67 bits per heavy atom. The van der Waals surface area contributed by atoms with Gasteiger partial charge in [0, 0.05) is 5.92 Å². The molecule has 1 aliphatic heterocycles. The lowest BCUT2D eigenvalue weighted by molar-refractivity contribution is 0.184. The first-order valence-corrected chi connectivity index (χ1v) is 5.76. The SMILES string of the molecule is CCCC1COCC1S(N)(=O)=O. The summed E-state index contributed by atoms with van der Waals surface area (Å²) in [4.78, 5) is 0. The van der Waals surface area contributed by atoms with Gasteiger partial charge in [0.2, 0.25) is 10.0 Å². The average molecular weight is 193 g/mol. The number of hydrogen-bond acceptors (Lipinski definition) is 3. The number of sulfonamides is 1. The summed E-state index contributed by atoms with van der Waals surface area (Å²) in [6.45, 7) is 2.83. The first-order valence-electron chi connectivity index (χ1n) is 4.15. The second-order valence-electron chi connectivity index (χ2n) is 3.21. The van der Waals surface area contributed by atoms with Gasteiger partial charge in [-0.1, -0.05) is 13.3 Å². The highest BCUT2D eigenvalue weighted by atomic mass is 32.2. The van der Waals surface area contributed by atoms with Gasteiger partial charge in [0.1, 0.15) is 5.25 Å². The Morgan fingerprint density at radius 1 is 1.50 bits per heavy atom. The normalized spacial score (nSPS) is 30.8. The number of nitrogens with two attached hydrogens (primary N) is 1. The standard InChI is InChI=1S/C7H15NO3S/c1-2-3-6-4-11-5-7(6)12(8,9)10/h6-7H,2-5H2,1H3,(H2,8,9,10). The summed E-state index contributed by atoms with van der Waals surface area (Å²) >= 11 is 0. The van der Waals surface area contributed by atoms with E-state index in [4.69, 9.17) is 9.88 Å². The van der Waals surface area contributed by atoms with Gasteiger partial charge in [-0.05, 0) is 6.42 Å². The molecule has 2 unspecified atom stereocenters. The van der Waals surface area contributed by atoms with Crippen molar-refractivity contribution in [3.05, 3.63) is 0 Å². The van der Waals surface area contributed by atoms with Crippen LogP contribution in [-0.4, -0.2) is 26.9 Å². The summed E-state index contributed by atoms with van der Waals surface area (Å²) in [5, 5.41) is 4.58. The Labute approximate surface area is 73.1 Å². The van der Waals surface area contributed by atoms with Crippen LogP contribution in [0.5, 0.6) is 0 Å². The van der Waals surface area contributed by atoms with Crippen molar-refractivity contribution < 1.29 is 13.2 Å². The van der Waals surface area contributed by atoms with E-state index in [-0.39, 0.29) is 12.5 Å². The van der Waals surface area contributed by atoms with Crippen LogP contribution in [0.1, 0.15) is 19.8 Å². The fourth-order valence-corrected chi connectivity index (χ4v) is 2.62. The minimum atomic E-state index is -3.40. The molecule has 4 nitrogen and oxygen atoms in total. The third-order valence-corrected chi connectivity index (χ3v) is 3.59.